The Labute approximate surface area is 196 Å². The molecule has 0 atom stereocenters. The Morgan fingerprint density at radius 3 is 2.78 bits per heavy atom. The third-order valence-corrected chi connectivity index (χ3v) is 5.54. The predicted octanol–water partition coefficient (Wildman–Crippen LogP) is 5.61. The second kappa shape index (κ2) is 9.54. The van der Waals surface area contributed by atoms with Gasteiger partial charge in [0.1, 0.15) is 23.9 Å². The number of para-hydroxylation sites is 1. The largest absolute Gasteiger partial charge is 0.487 e. The second-order valence-electron chi connectivity index (χ2n) is 6.85. The second-order valence-corrected chi connectivity index (χ2v) is 8.12. The van der Waals surface area contributed by atoms with Crippen LogP contribution in [0, 0.1) is 12.7 Å². The van der Waals surface area contributed by atoms with Crippen molar-refractivity contribution in [3.05, 3.63) is 92.6 Å². The zero-order valence-electron chi connectivity index (χ0n) is 16.8. The number of halogens is 3. The Bertz CT molecular complexity index is 1270. The molecule has 164 valence electrons. The minimum absolute atomic E-state index is 0.0463. The van der Waals surface area contributed by atoms with Crippen molar-refractivity contribution in [1.82, 2.24) is 14.9 Å². The number of aryl methyl sites for hydroxylation is 1. The van der Waals surface area contributed by atoms with Gasteiger partial charge in [0.05, 0.1) is 21.6 Å². The number of carbonyl (C=O) groups is 1. The lowest BCUT2D eigenvalue weighted by Gasteiger charge is -2.08. The molecule has 1 amide bonds. The quantitative estimate of drug-likeness (QED) is 0.343. The number of nitrogens with one attached hydrogen (secondary N) is 1. The zero-order valence-corrected chi connectivity index (χ0v) is 19.2. The molecule has 10 heteroatoms. The number of rotatable bonds is 7. The average molecular weight is 520 g/mol. The third kappa shape index (κ3) is 4.84. The maximum absolute atomic E-state index is 13.9. The summed E-state index contributed by atoms with van der Waals surface area (Å²) in [6.45, 7) is 1.94. The van der Waals surface area contributed by atoms with Gasteiger partial charge in [-0.2, -0.15) is 5.10 Å². The van der Waals surface area contributed by atoms with Crippen molar-refractivity contribution >= 4 is 39.3 Å². The highest BCUT2D eigenvalue weighted by molar-refractivity contribution is 9.10. The summed E-state index contributed by atoms with van der Waals surface area (Å²) in [4.78, 5) is 12.9. The van der Waals surface area contributed by atoms with Crippen LogP contribution in [0.4, 0.5) is 10.2 Å². The molecule has 0 bridgehead atoms. The van der Waals surface area contributed by atoms with Gasteiger partial charge in [0, 0.05) is 11.8 Å². The number of aromatic nitrogens is 3. The summed E-state index contributed by atoms with van der Waals surface area (Å²) in [5, 5.41) is 11.3. The first kappa shape index (κ1) is 22.0. The molecule has 0 aliphatic rings. The SMILES string of the molecule is Cc1onc(C(=O)Nc2nn(Cc3ccccc3F)cc2Br)c1COc1ccccc1Cl. The van der Waals surface area contributed by atoms with Crippen LogP contribution < -0.4 is 10.1 Å². The monoisotopic (exact) mass is 518 g/mol. The van der Waals surface area contributed by atoms with E-state index >= 15 is 0 Å². The van der Waals surface area contributed by atoms with Gasteiger partial charge in [0.2, 0.25) is 0 Å². The van der Waals surface area contributed by atoms with Crippen LogP contribution >= 0.6 is 27.5 Å². The molecule has 4 rings (SSSR count). The summed E-state index contributed by atoms with van der Waals surface area (Å²) >= 11 is 9.49. The Morgan fingerprint density at radius 2 is 2.00 bits per heavy atom. The number of amides is 1. The summed E-state index contributed by atoms with van der Waals surface area (Å²) in [6, 6.07) is 13.5. The molecule has 0 spiro atoms. The lowest BCUT2D eigenvalue weighted by atomic mass is 10.2. The summed E-state index contributed by atoms with van der Waals surface area (Å²) < 4.78 is 26.9. The number of hydrogen-bond acceptors (Lipinski definition) is 5. The molecule has 2 aromatic carbocycles. The van der Waals surface area contributed by atoms with E-state index in [-0.39, 0.29) is 30.5 Å². The Morgan fingerprint density at radius 1 is 1.25 bits per heavy atom. The first-order chi connectivity index (χ1) is 15.4. The lowest BCUT2D eigenvalue weighted by molar-refractivity contribution is 0.101. The number of hydrogen-bond donors (Lipinski definition) is 1. The van der Waals surface area contributed by atoms with E-state index in [1.165, 1.54) is 10.7 Å². The molecule has 0 saturated heterocycles. The number of benzene rings is 2. The number of anilines is 1. The molecule has 0 saturated carbocycles. The van der Waals surface area contributed by atoms with E-state index in [0.717, 1.165) is 0 Å². The fourth-order valence-electron chi connectivity index (χ4n) is 2.98. The summed E-state index contributed by atoms with van der Waals surface area (Å²) in [7, 11) is 0. The van der Waals surface area contributed by atoms with Gasteiger partial charge in [-0.3, -0.25) is 9.48 Å². The van der Waals surface area contributed by atoms with Crippen LogP contribution in [0.5, 0.6) is 5.75 Å². The van der Waals surface area contributed by atoms with Crippen molar-refractivity contribution in [3.8, 4) is 5.75 Å². The summed E-state index contributed by atoms with van der Waals surface area (Å²) in [5.41, 5.74) is 1.04. The van der Waals surface area contributed by atoms with Gasteiger partial charge in [0.25, 0.3) is 5.91 Å². The maximum Gasteiger partial charge on any atom is 0.279 e. The summed E-state index contributed by atoms with van der Waals surface area (Å²) in [5.74, 6) is 0.356. The van der Waals surface area contributed by atoms with Gasteiger partial charge in [-0.05, 0) is 41.1 Å². The predicted molar refractivity (Wildman–Crippen MR) is 120 cm³/mol. The van der Waals surface area contributed by atoms with Crippen LogP contribution in [0.15, 0.2) is 63.7 Å². The number of carbonyl (C=O) groups excluding carboxylic acids is 1. The Balaban J connectivity index is 1.48. The molecule has 0 fully saturated rings. The highest BCUT2D eigenvalue weighted by Crippen LogP contribution is 2.26. The van der Waals surface area contributed by atoms with Crippen molar-refractivity contribution in [2.75, 3.05) is 5.32 Å². The first-order valence-electron chi connectivity index (χ1n) is 9.52. The number of nitrogens with zero attached hydrogens (tertiary/aromatic N) is 3. The minimum atomic E-state index is -0.517. The van der Waals surface area contributed by atoms with Gasteiger partial charge in [-0.1, -0.05) is 47.1 Å². The molecule has 0 radical (unpaired) electrons. The molecule has 0 aliphatic carbocycles. The third-order valence-electron chi connectivity index (χ3n) is 4.65. The zero-order chi connectivity index (χ0) is 22.7. The van der Waals surface area contributed by atoms with Crippen molar-refractivity contribution in [2.24, 2.45) is 0 Å². The molecule has 7 nitrogen and oxygen atoms in total. The molecule has 2 aromatic heterocycles. The normalized spacial score (nSPS) is 10.9. The van der Waals surface area contributed by atoms with Gasteiger partial charge < -0.3 is 14.6 Å². The smallest absolute Gasteiger partial charge is 0.279 e. The van der Waals surface area contributed by atoms with Crippen LogP contribution in [-0.4, -0.2) is 20.8 Å². The lowest BCUT2D eigenvalue weighted by Crippen LogP contribution is -2.16. The molecule has 0 unspecified atom stereocenters. The van der Waals surface area contributed by atoms with Crippen LogP contribution in [0.25, 0.3) is 0 Å². The van der Waals surface area contributed by atoms with Crippen LogP contribution in [0.3, 0.4) is 0 Å². The van der Waals surface area contributed by atoms with E-state index in [9.17, 15) is 9.18 Å². The number of ether oxygens (including phenoxy) is 1. The van der Waals surface area contributed by atoms with Crippen LogP contribution in [0.2, 0.25) is 5.02 Å². The Hall–Kier alpha value is -3.17. The molecular formula is C22H17BrClFN4O3. The molecule has 4 aromatic rings. The molecule has 32 heavy (non-hydrogen) atoms. The van der Waals surface area contributed by atoms with Crippen molar-refractivity contribution in [2.45, 2.75) is 20.1 Å². The Kier molecular flexibility index (Phi) is 6.57. The van der Waals surface area contributed by atoms with E-state index in [1.807, 2.05) is 0 Å². The van der Waals surface area contributed by atoms with Gasteiger partial charge in [0.15, 0.2) is 11.5 Å². The summed E-state index contributed by atoms with van der Waals surface area (Å²) in [6.07, 6.45) is 1.65. The van der Waals surface area contributed by atoms with Gasteiger partial charge in [-0.15, -0.1) is 0 Å². The molecule has 0 aliphatic heterocycles. The van der Waals surface area contributed by atoms with Crippen molar-refractivity contribution in [1.29, 1.82) is 0 Å². The molecule has 1 N–H and O–H groups in total. The highest BCUT2D eigenvalue weighted by Gasteiger charge is 2.22. The van der Waals surface area contributed by atoms with Gasteiger partial charge in [-0.25, -0.2) is 4.39 Å². The highest BCUT2D eigenvalue weighted by atomic mass is 79.9. The standard InChI is InChI=1S/C22H17BrClFN4O3/c1-13-15(12-31-19-9-5-3-7-17(19)24)20(28-32-13)22(30)26-21-16(23)11-29(27-21)10-14-6-2-4-8-18(14)25/h2-9,11H,10,12H2,1H3,(H,26,27,30). The van der Waals surface area contributed by atoms with Crippen molar-refractivity contribution < 1.29 is 18.4 Å². The van der Waals surface area contributed by atoms with E-state index in [2.05, 4.69) is 31.5 Å². The van der Waals surface area contributed by atoms with E-state index < -0.39 is 5.91 Å². The van der Waals surface area contributed by atoms with E-state index in [1.54, 1.807) is 55.6 Å². The first-order valence-corrected chi connectivity index (χ1v) is 10.7. The topological polar surface area (TPSA) is 82.2 Å². The molecule has 2 heterocycles. The van der Waals surface area contributed by atoms with Crippen molar-refractivity contribution in [3.63, 3.8) is 0 Å². The van der Waals surface area contributed by atoms with Gasteiger partial charge >= 0.3 is 0 Å². The molecular weight excluding hydrogens is 503 g/mol. The van der Waals surface area contributed by atoms with Crippen LogP contribution in [-0.2, 0) is 13.2 Å². The van der Waals surface area contributed by atoms with E-state index in [0.29, 0.717) is 32.1 Å². The fourth-order valence-corrected chi connectivity index (χ4v) is 3.59. The fraction of sp³-hybridized carbons (Fsp3) is 0.136. The van der Waals surface area contributed by atoms with Crippen LogP contribution in [0.1, 0.15) is 27.4 Å². The average Bonchev–Trinajstić information content (AvgIpc) is 3.31. The maximum atomic E-state index is 13.9. The minimum Gasteiger partial charge on any atom is -0.487 e. The van der Waals surface area contributed by atoms with E-state index in [4.69, 9.17) is 20.9 Å².